The van der Waals surface area contributed by atoms with Gasteiger partial charge in [0.1, 0.15) is 24.0 Å². The summed E-state index contributed by atoms with van der Waals surface area (Å²) in [5.74, 6) is -1.71. The summed E-state index contributed by atoms with van der Waals surface area (Å²) < 4.78 is 12.2. The highest BCUT2D eigenvalue weighted by atomic mass is 32.2. The molecule has 5 aromatic rings. The molecule has 4 aromatic carbocycles. The number of carbonyl (C=O) groups excluding carboxylic acids is 4. The van der Waals surface area contributed by atoms with Crippen molar-refractivity contribution in [2.45, 2.75) is 82.2 Å². The van der Waals surface area contributed by atoms with Crippen molar-refractivity contribution < 1.29 is 38.4 Å². The van der Waals surface area contributed by atoms with Crippen molar-refractivity contribution in [3.8, 4) is 0 Å². The number of nitrogens with one attached hydrogen (secondary N) is 3. The molecule has 0 saturated carbocycles. The van der Waals surface area contributed by atoms with E-state index in [1.165, 1.54) is 53.8 Å². The molecular weight excluding hydrogens is 887 g/mol. The minimum atomic E-state index is -1.63. The highest BCUT2D eigenvalue weighted by Crippen LogP contribution is 2.41. The number of hydrogen-bond acceptors (Lipinski definition) is 14. The molecule has 1 unspecified atom stereocenters. The summed E-state index contributed by atoms with van der Waals surface area (Å²) in [7, 11) is -1.53. The van der Waals surface area contributed by atoms with Crippen molar-refractivity contribution >= 4 is 71.8 Å². The number of nitrogens with zero attached hydrogens (tertiary/aromatic N) is 4. The van der Waals surface area contributed by atoms with Crippen LogP contribution in [-0.4, -0.2) is 75.6 Å². The lowest BCUT2D eigenvalue weighted by Crippen LogP contribution is -2.59. The molecule has 65 heavy (non-hydrogen) atoms. The van der Waals surface area contributed by atoms with E-state index in [-0.39, 0.29) is 42.6 Å². The number of nitro groups is 1. The maximum Gasteiger partial charge on any atom is 0.408 e. The van der Waals surface area contributed by atoms with Gasteiger partial charge in [-0.15, -0.1) is 11.3 Å². The number of hydrogen-bond donors (Lipinski definition) is 3. The zero-order chi connectivity index (χ0) is 46.8. The molecule has 2 atom stereocenters. The minimum absolute atomic E-state index is 0.0449. The first-order chi connectivity index (χ1) is 30.9. The fraction of sp³-hybridized carbons (Fsp3) is 0.304. The van der Waals surface area contributed by atoms with Crippen LogP contribution in [-0.2, 0) is 40.8 Å². The van der Waals surface area contributed by atoms with Crippen LogP contribution in [0, 0.1) is 10.1 Å². The number of β-lactam (4-membered cyclic amide) rings is 1. The average Bonchev–Trinajstić information content (AvgIpc) is 3.74. The van der Waals surface area contributed by atoms with Crippen molar-refractivity contribution in [2.75, 3.05) is 11.9 Å². The van der Waals surface area contributed by atoms with Gasteiger partial charge in [-0.3, -0.25) is 24.0 Å². The van der Waals surface area contributed by atoms with E-state index < -0.39 is 53.6 Å². The lowest BCUT2D eigenvalue weighted by atomic mass is 9.77. The number of esters is 1. The van der Waals surface area contributed by atoms with Crippen molar-refractivity contribution in [2.24, 2.45) is 5.16 Å². The molecule has 16 nitrogen and oxygen atoms in total. The molecule has 3 N–H and O–H groups in total. The van der Waals surface area contributed by atoms with Gasteiger partial charge in [0.25, 0.3) is 11.6 Å². The monoisotopic (exact) mass is 937 g/mol. The molecule has 19 heteroatoms. The fourth-order valence-corrected chi connectivity index (χ4v) is 8.92. The molecule has 0 spiro atoms. The Morgan fingerprint density at radius 1 is 0.938 bits per heavy atom. The van der Waals surface area contributed by atoms with Gasteiger partial charge in [0.2, 0.25) is 11.5 Å². The first-order valence-corrected chi connectivity index (χ1v) is 26.2. The second kappa shape index (κ2) is 20.9. The number of alkyl carbamates (subject to hydrolysis) is 1. The van der Waals surface area contributed by atoms with Crippen LogP contribution in [0.5, 0.6) is 0 Å². The second-order valence-corrected chi connectivity index (χ2v) is 24.6. The van der Waals surface area contributed by atoms with E-state index in [1.54, 1.807) is 12.3 Å². The minimum Gasteiger partial charge on any atom is -0.463 e. The number of rotatable bonds is 20. The van der Waals surface area contributed by atoms with Crippen LogP contribution >= 0.6 is 23.3 Å². The normalized spacial score (nSPS) is 14.5. The van der Waals surface area contributed by atoms with E-state index in [0.717, 1.165) is 34.7 Å². The molecule has 2 heterocycles. The van der Waals surface area contributed by atoms with E-state index in [2.05, 4.69) is 40.7 Å². The van der Waals surface area contributed by atoms with Crippen LogP contribution in [0.15, 0.2) is 126 Å². The Kier molecular flexibility index (Phi) is 15.4. The van der Waals surface area contributed by atoms with E-state index in [1.807, 2.05) is 91.0 Å². The number of aromatic nitrogens is 1. The molecule has 1 aliphatic heterocycles. The summed E-state index contributed by atoms with van der Waals surface area (Å²) in [6.45, 7) is 11.1. The van der Waals surface area contributed by atoms with Gasteiger partial charge < -0.3 is 30.3 Å². The van der Waals surface area contributed by atoms with Gasteiger partial charge in [-0.1, -0.05) is 116 Å². The molecule has 6 rings (SSSR count). The van der Waals surface area contributed by atoms with Crippen molar-refractivity contribution in [3.05, 3.63) is 159 Å². The first-order valence-electron chi connectivity index (χ1n) is 20.8. The molecule has 0 bridgehead atoms. The standard InChI is InChI=1S/C46H51N7O9S2Si/c1-31(47-44(57)61-29-32-22-24-36(25-23-32)53(58)59)64-52(38-28-39(54)49-38)41(55)40(51-62-45(2,3)42(56)60-26-27-65(4,5)6)37-30-63-43(48-37)50-46(33-16-10-7-11-17-33,34-18-12-8-13-19-34)35-20-14-9-15-21-35/h7-25,30-31,38H,26-29H2,1-6H3,(H,47,57)(H,48,50)(H,49,54)/t31?,38-/m1/s1. The Bertz CT molecular complexity index is 2380. The Hall–Kier alpha value is -6.57. The van der Waals surface area contributed by atoms with Crippen molar-refractivity contribution in [3.63, 3.8) is 0 Å². The van der Waals surface area contributed by atoms with Gasteiger partial charge in [0.05, 0.1) is 23.3 Å². The van der Waals surface area contributed by atoms with E-state index in [4.69, 9.17) is 19.3 Å². The number of amides is 3. The van der Waals surface area contributed by atoms with Crippen LogP contribution in [0.25, 0.3) is 0 Å². The summed E-state index contributed by atoms with van der Waals surface area (Å²) in [6.07, 6.45) is -1.69. The zero-order valence-corrected chi connectivity index (χ0v) is 39.4. The smallest absolute Gasteiger partial charge is 0.408 e. The van der Waals surface area contributed by atoms with E-state index >= 15 is 0 Å². The van der Waals surface area contributed by atoms with Crippen LogP contribution in [0.4, 0.5) is 15.6 Å². The van der Waals surface area contributed by atoms with Crippen LogP contribution in [0.1, 0.15) is 55.1 Å². The number of carbonyl (C=O) groups is 4. The SMILES string of the molecule is CC(NC(=O)OCc1ccc([N+](=O)[O-])cc1)SN(C(=O)C(=NOC(C)(C)C(=O)OCC[Si](C)(C)C)c1csc(NC(c2ccccc2)(c2ccccc2)c2ccccc2)n1)[C@@H]1CC(=O)N1. The van der Waals surface area contributed by atoms with Gasteiger partial charge in [-0.2, -0.15) is 0 Å². The molecular formula is C46H51N7O9S2Si. The highest BCUT2D eigenvalue weighted by molar-refractivity contribution is 7.98. The Labute approximate surface area is 386 Å². The number of benzene rings is 4. The highest BCUT2D eigenvalue weighted by Gasteiger charge is 2.41. The largest absolute Gasteiger partial charge is 0.463 e. The van der Waals surface area contributed by atoms with Gasteiger partial charge in [-0.05, 0) is 73.1 Å². The van der Waals surface area contributed by atoms with E-state index in [0.29, 0.717) is 10.7 Å². The molecule has 0 radical (unpaired) electrons. The summed E-state index contributed by atoms with van der Waals surface area (Å²) in [6, 6.07) is 36.1. The van der Waals surface area contributed by atoms with Gasteiger partial charge in [0.15, 0.2) is 10.8 Å². The second-order valence-electron chi connectivity index (χ2n) is 16.8. The molecule has 1 aliphatic rings. The summed E-state index contributed by atoms with van der Waals surface area (Å²) >= 11 is 2.12. The van der Waals surface area contributed by atoms with Crippen molar-refractivity contribution in [1.82, 2.24) is 19.9 Å². The number of nitro benzene ring substituents is 1. The fourth-order valence-electron chi connectivity index (χ4n) is 6.51. The third-order valence-corrected chi connectivity index (χ3v) is 13.6. The lowest BCUT2D eigenvalue weighted by molar-refractivity contribution is -0.384. The van der Waals surface area contributed by atoms with Crippen LogP contribution in [0.2, 0.25) is 25.7 Å². The molecule has 0 aliphatic carbocycles. The Morgan fingerprint density at radius 3 is 2.00 bits per heavy atom. The molecule has 3 amide bonds. The zero-order valence-electron chi connectivity index (χ0n) is 36.8. The number of anilines is 1. The summed E-state index contributed by atoms with van der Waals surface area (Å²) in [4.78, 5) is 74.8. The first kappa shape index (κ1) is 47.9. The Balaban J connectivity index is 1.32. The number of oxime groups is 1. The van der Waals surface area contributed by atoms with Crippen molar-refractivity contribution in [1.29, 1.82) is 0 Å². The molecule has 1 aromatic heterocycles. The molecule has 340 valence electrons. The number of non-ortho nitro benzene ring substituents is 1. The number of ether oxygens (including phenoxy) is 2. The Morgan fingerprint density at radius 2 is 1.49 bits per heavy atom. The third-order valence-electron chi connectivity index (χ3n) is 10.1. The maximum absolute atomic E-state index is 14.9. The van der Waals surface area contributed by atoms with Gasteiger partial charge in [-0.25, -0.2) is 14.6 Å². The van der Waals surface area contributed by atoms with Crippen LogP contribution in [0.3, 0.4) is 0 Å². The lowest BCUT2D eigenvalue weighted by Gasteiger charge is -2.37. The van der Waals surface area contributed by atoms with Gasteiger partial charge in [0, 0.05) is 25.6 Å². The molecule has 1 fully saturated rings. The topological polar surface area (TPSA) is 204 Å². The van der Waals surface area contributed by atoms with Crippen LogP contribution < -0.4 is 16.0 Å². The van der Waals surface area contributed by atoms with Gasteiger partial charge >= 0.3 is 12.1 Å². The molecule has 1 saturated heterocycles. The summed E-state index contributed by atoms with van der Waals surface area (Å²) in [5.41, 5.74) is 0.426. The average molecular weight is 938 g/mol. The predicted molar refractivity (Wildman–Crippen MR) is 253 cm³/mol. The summed E-state index contributed by atoms with van der Waals surface area (Å²) in [5, 5.41) is 25.7. The number of thiazole rings is 1. The third kappa shape index (κ3) is 12.4. The maximum atomic E-state index is 14.9. The quantitative estimate of drug-likeness (QED) is 0.00775. The predicted octanol–water partition coefficient (Wildman–Crippen LogP) is 8.43. The van der Waals surface area contributed by atoms with E-state index in [9.17, 15) is 29.3 Å².